The molecule has 0 radical (unpaired) electrons. The Morgan fingerprint density at radius 2 is 1.88 bits per heavy atom. The molecule has 3 aromatic rings. The number of aromatic nitrogens is 2. The quantitative estimate of drug-likeness (QED) is 0.617. The van der Waals surface area contributed by atoms with Gasteiger partial charge in [-0.15, -0.1) is 11.3 Å². The van der Waals surface area contributed by atoms with Crippen LogP contribution >= 0.6 is 22.9 Å². The van der Waals surface area contributed by atoms with Crippen molar-refractivity contribution < 1.29 is 4.39 Å². The van der Waals surface area contributed by atoms with Crippen LogP contribution in [0.25, 0.3) is 20.7 Å². The molecule has 5 heteroatoms. The minimum absolute atomic E-state index is 0.243. The van der Waals surface area contributed by atoms with Gasteiger partial charge in [0.15, 0.2) is 0 Å². The molecule has 2 heterocycles. The SMILES string of the molecule is Fc1ccc(-c2cc3ncnc(Cl)c3s2)cc1. The zero-order chi connectivity index (χ0) is 11.8. The van der Waals surface area contributed by atoms with Crippen molar-refractivity contribution in [2.45, 2.75) is 0 Å². The Morgan fingerprint density at radius 3 is 2.59 bits per heavy atom. The van der Waals surface area contributed by atoms with Crippen molar-refractivity contribution in [3.63, 3.8) is 0 Å². The largest absolute Gasteiger partial charge is 0.235 e. The molecular formula is C12H6ClFN2S. The Morgan fingerprint density at radius 1 is 1.12 bits per heavy atom. The van der Waals surface area contributed by atoms with E-state index in [2.05, 4.69) is 9.97 Å². The van der Waals surface area contributed by atoms with Crippen molar-refractivity contribution in [2.75, 3.05) is 0 Å². The van der Waals surface area contributed by atoms with Gasteiger partial charge in [-0.1, -0.05) is 23.7 Å². The van der Waals surface area contributed by atoms with E-state index in [0.29, 0.717) is 5.15 Å². The molecule has 1 aromatic carbocycles. The fraction of sp³-hybridized carbons (Fsp3) is 0. The number of hydrogen-bond acceptors (Lipinski definition) is 3. The minimum atomic E-state index is -0.243. The van der Waals surface area contributed by atoms with Crippen molar-refractivity contribution in [3.8, 4) is 10.4 Å². The zero-order valence-corrected chi connectivity index (χ0v) is 10.1. The molecule has 2 aromatic heterocycles. The van der Waals surface area contributed by atoms with Crippen LogP contribution in [0.2, 0.25) is 5.15 Å². The average molecular weight is 265 g/mol. The zero-order valence-electron chi connectivity index (χ0n) is 8.52. The molecule has 0 aliphatic carbocycles. The molecule has 84 valence electrons. The maximum atomic E-state index is 12.8. The number of rotatable bonds is 1. The molecule has 17 heavy (non-hydrogen) atoms. The van der Waals surface area contributed by atoms with Gasteiger partial charge in [0.25, 0.3) is 0 Å². The first-order chi connectivity index (χ1) is 8.24. The second-order valence-electron chi connectivity index (χ2n) is 3.50. The van der Waals surface area contributed by atoms with Crippen molar-refractivity contribution in [2.24, 2.45) is 0 Å². The monoisotopic (exact) mass is 264 g/mol. The van der Waals surface area contributed by atoms with E-state index in [1.54, 1.807) is 12.1 Å². The van der Waals surface area contributed by atoms with Gasteiger partial charge in [0.1, 0.15) is 17.3 Å². The molecule has 0 amide bonds. The summed E-state index contributed by atoms with van der Waals surface area (Å²) in [6.07, 6.45) is 1.44. The van der Waals surface area contributed by atoms with Crippen molar-refractivity contribution in [1.82, 2.24) is 9.97 Å². The lowest BCUT2D eigenvalue weighted by Crippen LogP contribution is -1.76. The van der Waals surface area contributed by atoms with Gasteiger partial charge in [0, 0.05) is 4.88 Å². The van der Waals surface area contributed by atoms with E-state index in [9.17, 15) is 4.39 Å². The van der Waals surface area contributed by atoms with Crippen molar-refractivity contribution in [3.05, 3.63) is 47.6 Å². The molecule has 0 saturated carbocycles. The average Bonchev–Trinajstić information content (AvgIpc) is 2.75. The highest BCUT2D eigenvalue weighted by atomic mass is 35.5. The lowest BCUT2D eigenvalue weighted by atomic mass is 10.2. The highest BCUT2D eigenvalue weighted by molar-refractivity contribution is 7.22. The van der Waals surface area contributed by atoms with E-state index >= 15 is 0 Å². The number of benzene rings is 1. The van der Waals surface area contributed by atoms with Gasteiger partial charge < -0.3 is 0 Å². The molecule has 0 atom stereocenters. The molecule has 0 saturated heterocycles. The second kappa shape index (κ2) is 4.05. The van der Waals surface area contributed by atoms with Gasteiger partial charge in [0.05, 0.1) is 10.2 Å². The summed E-state index contributed by atoms with van der Waals surface area (Å²) in [4.78, 5) is 9.08. The smallest absolute Gasteiger partial charge is 0.150 e. The molecule has 0 bridgehead atoms. The molecular weight excluding hydrogens is 259 g/mol. The van der Waals surface area contributed by atoms with Crippen LogP contribution < -0.4 is 0 Å². The van der Waals surface area contributed by atoms with Crippen LogP contribution in [0.4, 0.5) is 4.39 Å². The highest BCUT2D eigenvalue weighted by Crippen LogP contribution is 2.35. The third kappa shape index (κ3) is 1.90. The van der Waals surface area contributed by atoms with E-state index in [0.717, 1.165) is 20.7 Å². The molecule has 0 N–H and O–H groups in total. The van der Waals surface area contributed by atoms with Crippen LogP contribution in [-0.2, 0) is 0 Å². The van der Waals surface area contributed by atoms with E-state index in [-0.39, 0.29) is 5.82 Å². The first kappa shape index (κ1) is 10.6. The van der Waals surface area contributed by atoms with Crippen LogP contribution in [-0.4, -0.2) is 9.97 Å². The Labute approximate surface area is 106 Å². The van der Waals surface area contributed by atoms with Gasteiger partial charge in [0.2, 0.25) is 0 Å². The summed E-state index contributed by atoms with van der Waals surface area (Å²) in [5.74, 6) is -0.243. The maximum absolute atomic E-state index is 12.8. The van der Waals surface area contributed by atoms with Crippen LogP contribution in [0.1, 0.15) is 0 Å². The molecule has 0 aliphatic heterocycles. The number of halogens is 2. The topological polar surface area (TPSA) is 25.8 Å². The predicted octanol–water partition coefficient (Wildman–Crippen LogP) is 4.15. The molecule has 0 spiro atoms. The maximum Gasteiger partial charge on any atom is 0.150 e. The van der Waals surface area contributed by atoms with Crippen LogP contribution in [0, 0.1) is 5.82 Å². The number of nitrogens with zero attached hydrogens (tertiary/aromatic N) is 2. The van der Waals surface area contributed by atoms with E-state index in [1.807, 2.05) is 6.07 Å². The van der Waals surface area contributed by atoms with Crippen molar-refractivity contribution >= 4 is 33.2 Å². The number of thiophene rings is 1. The van der Waals surface area contributed by atoms with Gasteiger partial charge in [-0.3, -0.25) is 0 Å². The van der Waals surface area contributed by atoms with Crippen molar-refractivity contribution in [1.29, 1.82) is 0 Å². The lowest BCUT2D eigenvalue weighted by Gasteiger charge is -1.95. The summed E-state index contributed by atoms with van der Waals surface area (Å²) in [6.45, 7) is 0. The Kier molecular flexibility index (Phi) is 2.53. The third-order valence-corrected chi connectivity index (χ3v) is 3.98. The van der Waals surface area contributed by atoms with Crippen LogP contribution in [0.3, 0.4) is 0 Å². The molecule has 0 fully saturated rings. The fourth-order valence-corrected chi connectivity index (χ4v) is 2.84. The molecule has 2 nitrogen and oxygen atoms in total. The summed E-state index contributed by atoms with van der Waals surface area (Å²) < 4.78 is 13.7. The summed E-state index contributed by atoms with van der Waals surface area (Å²) >= 11 is 7.49. The Bertz CT molecular complexity index is 679. The van der Waals surface area contributed by atoms with Crippen LogP contribution in [0.5, 0.6) is 0 Å². The summed E-state index contributed by atoms with van der Waals surface area (Å²) in [6, 6.07) is 8.28. The molecule has 0 unspecified atom stereocenters. The minimum Gasteiger partial charge on any atom is -0.235 e. The third-order valence-electron chi connectivity index (χ3n) is 2.40. The Hall–Kier alpha value is -1.52. The van der Waals surface area contributed by atoms with Gasteiger partial charge in [-0.25, -0.2) is 14.4 Å². The standard InChI is InChI=1S/C12H6ClFN2S/c13-12-11-9(15-6-16-12)5-10(17-11)7-1-3-8(14)4-2-7/h1-6H. The first-order valence-electron chi connectivity index (χ1n) is 4.90. The molecule has 3 rings (SSSR count). The summed E-state index contributed by atoms with van der Waals surface area (Å²) in [5, 5.41) is 0.452. The van der Waals surface area contributed by atoms with Gasteiger partial charge in [-0.2, -0.15) is 0 Å². The summed E-state index contributed by atoms with van der Waals surface area (Å²) in [7, 11) is 0. The second-order valence-corrected chi connectivity index (χ2v) is 4.91. The number of hydrogen-bond donors (Lipinski definition) is 0. The van der Waals surface area contributed by atoms with E-state index in [1.165, 1.54) is 29.8 Å². The van der Waals surface area contributed by atoms with E-state index < -0.39 is 0 Å². The van der Waals surface area contributed by atoms with Crippen LogP contribution in [0.15, 0.2) is 36.7 Å². The fourth-order valence-electron chi connectivity index (χ4n) is 1.58. The van der Waals surface area contributed by atoms with E-state index in [4.69, 9.17) is 11.6 Å². The molecule has 0 aliphatic rings. The predicted molar refractivity (Wildman–Crippen MR) is 67.8 cm³/mol. The Balaban J connectivity index is 2.18. The summed E-state index contributed by atoms with van der Waals surface area (Å²) in [5.41, 5.74) is 1.76. The normalized spacial score (nSPS) is 10.9. The highest BCUT2D eigenvalue weighted by Gasteiger charge is 2.08. The number of fused-ring (bicyclic) bond motifs is 1. The first-order valence-corrected chi connectivity index (χ1v) is 6.09. The van der Waals surface area contributed by atoms with Gasteiger partial charge >= 0.3 is 0 Å². The lowest BCUT2D eigenvalue weighted by molar-refractivity contribution is 0.628. The van der Waals surface area contributed by atoms with Gasteiger partial charge in [-0.05, 0) is 23.8 Å².